The van der Waals surface area contributed by atoms with Crippen molar-refractivity contribution in [2.24, 2.45) is 4.99 Å². The number of nitrogens with zero attached hydrogens (tertiary/aromatic N) is 2. The Morgan fingerprint density at radius 2 is 1.80 bits per heavy atom. The van der Waals surface area contributed by atoms with Gasteiger partial charge >= 0.3 is 0 Å². The second-order valence-corrected chi connectivity index (χ2v) is 6.76. The van der Waals surface area contributed by atoms with Crippen LogP contribution in [0, 0.1) is 6.92 Å². The summed E-state index contributed by atoms with van der Waals surface area (Å²) in [5.74, 6) is 0.161. The maximum Gasteiger partial charge on any atom is 0.198 e. The quantitative estimate of drug-likeness (QED) is 0.668. The number of fused-ring (bicyclic) bond motifs is 1. The number of anilines is 1. The molecule has 0 bridgehead atoms. The highest BCUT2D eigenvalue weighted by Crippen LogP contribution is 2.28. The van der Waals surface area contributed by atoms with Crippen molar-refractivity contribution < 1.29 is 5.11 Å². The minimum Gasteiger partial charge on any atom is -0.494 e. The summed E-state index contributed by atoms with van der Waals surface area (Å²) in [4.78, 5) is 9.99. The largest absolute Gasteiger partial charge is 0.494 e. The lowest BCUT2D eigenvalue weighted by molar-refractivity contribution is 0.457. The van der Waals surface area contributed by atoms with Crippen LogP contribution in [0.4, 0.5) is 11.4 Å². The van der Waals surface area contributed by atoms with Crippen LogP contribution in [0.5, 0.6) is 5.88 Å². The van der Waals surface area contributed by atoms with Gasteiger partial charge in [0.1, 0.15) is 0 Å². The Balaban J connectivity index is 1.57. The monoisotopic (exact) mass is 333 g/mol. The van der Waals surface area contributed by atoms with Gasteiger partial charge in [0.2, 0.25) is 0 Å². The van der Waals surface area contributed by atoms with Crippen molar-refractivity contribution in [3.8, 4) is 5.88 Å². The molecule has 1 aromatic heterocycles. The number of aliphatic imine (C=N–C) groups is 1. The second-order valence-electron chi connectivity index (χ2n) is 6.76. The van der Waals surface area contributed by atoms with Crippen molar-refractivity contribution in [2.45, 2.75) is 26.2 Å². The minimum atomic E-state index is 0.161. The van der Waals surface area contributed by atoms with Crippen LogP contribution in [0.3, 0.4) is 0 Å². The lowest BCUT2D eigenvalue weighted by atomic mass is 10.1. The molecule has 0 radical (unpaired) electrons. The summed E-state index contributed by atoms with van der Waals surface area (Å²) in [5.41, 5.74) is 4.97. The van der Waals surface area contributed by atoms with Gasteiger partial charge in [-0.15, -0.1) is 0 Å². The average Bonchev–Trinajstić information content (AvgIpc) is 2.96. The van der Waals surface area contributed by atoms with Gasteiger partial charge in [-0.2, -0.15) is 0 Å². The van der Waals surface area contributed by atoms with Crippen LogP contribution in [-0.4, -0.2) is 29.4 Å². The number of aromatic hydroxyl groups is 1. The van der Waals surface area contributed by atoms with E-state index in [2.05, 4.69) is 33.1 Å². The standard InChI is InChI=1S/C21H23N3O/c1-15-5-10-20-18(13-15)19(21(25)23-20)14-22-16-6-8-17(9-7-16)24-11-3-2-4-12-24/h5-10,13-14,23,25H,2-4,11-12H2,1H3. The number of nitrogens with one attached hydrogen (secondary N) is 1. The first-order chi connectivity index (χ1) is 12.2. The topological polar surface area (TPSA) is 51.6 Å². The Bertz CT molecular complexity index is 903. The first-order valence-corrected chi connectivity index (χ1v) is 8.91. The normalized spacial score (nSPS) is 15.3. The summed E-state index contributed by atoms with van der Waals surface area (Å²) in [6.07, 6.45) is 5.63. The number of aromatic nitrogens is 1. The van der Waals surface area contributed by atoms with Crippen LogP contribution < -0.4 is 4.90 Å². The van der Waals surface area contributed by atoms with E-state index in [0.29, 0.717) is 0 Å². The van der Waals surface area contributed by atoms with Gasteiger partial charge in [-0.1, -0.05) is 11.6 Å². The molecule has 4 nitrogen and oxygen atoms in total. The summed E-state index contributed by atoms with van der Waals surface area (Å²) in [6.45, 7) is 4.33. The second kappa shape index (κ2) is 6.63. The molecule has 1 aliphatic heterocycles. The molecule has 1 saturated heterocycles. The highest BCUT2D eigenvalue weighted by Gasteiger charge is 2.11. The zero-order valence-electron chi connectivity index (χ0n) is 14.5. The zero-order chi connectivity index (χ0) is 17.2. The fourth-order valence-corrected chi connectivity index (χ4v) is 3.48. The molecule has 128 valence electrons. The fourth-order valence-electron chi connectivity index (χ4n) is 3.48. The Labute approximate surface area is 147 Å². The highest BCUT2D eigenvalue weighted by molar-refractivity contribution is 6.02. The molecule has 3 aromatic rings. The SMILES string of the molecule is Cc1ccc2[nH]c(O)c(C=Nc3ccc(N4CCCCC4)cc3)c2c1. The molecule has 25 heavy (non-hydrogen) atoms. The van der Waals surface area contributed by atoms with E-state index < -0.39 is 0 Å². The molecule has 0 unspecified atom stereocenters. The van der Waals surface area contributed by atoms with Crippen molar-refractivity contribution in [3.63, 3.8) is 0 Å². The van der Waals surface area contributed by atoms with Gasteiger partial charge in [-0.05, 0) is 62.6 Å². The number of hydrogen-bond donors (Lipinski definition) is 2. The molecule has 2 N–H and O–H groups in total. The lowest BCUT2D eigenvalue weighted by Crippen LogP contribution is -2.29. The Morgan fingerprint density at radius 1 is 1.04 bits per heavy atom. The third-order valence-corrected chi connectivity index (χ3v) is 4.89. The molecule has 2 aromatic carbocycles. The Morgan fingerprint density at radius 3 is 2.56 bits per heavy atom. The molecule has 0 amide bonds. The molecule has 1 fully saturated rings. The van der Waals surface area contributed by atoms with Gasteiger partial charge in [0.15, 0.2) is 5.88 Å². The first-order valence-electron chi connectivity index (χ1n) is 8.91. The van der Waals surface area contributed by atoms with Crippen molar-refractivity contribution >= 4 is 28.5 Å². The number of rotatable bonds is 3. The fraction of sp³-hybridized carbons (Fsp3) is 0.286. The molecule has 4 rings (SSSR count). The van der Waals surface area contributed by atoms with Crippen molar-refractivity contribution in [1.29, 1.82) is 0 Å². The van der Waals surface area contributed by atoms with E-state index in [1.807, 2.05) is 31.2 Å². The van der Waals surface area contributed by atoms with E-state index in [1.54, 1.807) is 6.21 Å². The van der Waals surface area contributed by atoms with Crippen LogP contribution in [0.2, 0.25) is 0 Å². The summed E-state index contributed by atoms with van der Waals surface area (Å²) in [7, 11) is 0. The summed E-state index contributed by atoms with van der Waals surface area (Å²) in [6, 6.07) is 14.4. The van der Waals surface area contributed by atoms with Crippen molar-refractivity contribution in [2.75, 3.05) is 18.0 Å². The van der Waals surface area contributed by atoms with E-state index >= 15 is 0 Å². The van der Waals surface area contributed by atoms with E-state index in [4.69, 9.17) is 0 Å². The molecule has 1 aliphatic rings. The van der Waals surface area contributed by atoms with Gasteiger partial charge in [0.25, 0.3) is 0 Å². The Kier molecular flexibility index (Phi) is 4.18. The molecule has 0 saturated carbocycles. The summed E-state index contributed by atoms with van der Waals surface area (Å²) in [5, 5.41) is 11.2. The van der Waals surface area contributed by atoms with Crippen LogP contribution in [-0.2, 0) is 0 Å². The van der Waals surface area contributed by atoms with E-state index in [-0.39, 0.29) is 5.88 Å². The van der Waals surface area contributed by atoms with Crippen LogP contribution in [0.15, 0.2) is 47.5 Å². The molecule has 0 spiro atoms. The number of aromatic amines is 1. The Hall–Kier alpha value is -2.75. The first kappa shape index (κ1) is 15.8. The molecule has 0 aliphatic carbocycles. The van der Waals surface area contributed by atoms with E-state index in [1.165, 1.54) is 24.9 Å². The number of H-pyrrole nitrogens is 1. The van der Waals surface area contributed by atoms with Crippen LogP contribution in [0.1, 0.15) is 30.4 Å². The predicted octanol–water partition coefficient (Wildman–Crippen LogP) is 4.92. The maximum absolute atomic E-state index is 10.2. The highest BCUT2D eigenvalue weighted by atomic mass is 16.3. The van der Waals surface area contributed by atoms with Crippen LogP contribution >= 0.6 is 0 Å². The lowest BCUT2D eigenvalue weighted by Gasteiger charge is -2.28. The molecule has 2 heterocycles. The third kappa shape index (κ3) is 3.25. The van der Waals surface area contributed by atoms with Gasteiger partial charge in [-0.3, -0.25) is 4.99 Å². The molecule has 0 atom stereocenters. The van der Waals surface area contributed by atoms with Crippen molar-refractivity contribution in [3.05, 3.63) is 53.6 Å². The van der Waals surface area contributed by atoms with Crippen molar-refractivity contribution in [1.82, 2.24) is 4.98 Å². The predicted molar refractivity (Wildman–Crippen MR) is 104 cm³/mol. The summed E-state index contributed by atoms with van der Waals surface area (Å²) >= 11 is 0. The number of benzene rings is 2. The van der Waals surface area contributed by atoms with Gasteiger partial charge in [-0.25, -0.2) is 0 Å². The smallest absolute Gasteiger partial charge is 0.198 e. The summed E-state index contributed by atoms with van der Waals surface area (Å²) < 4.78 is 0. The number of piperidine rings is 1. The third-order valence-electron chi connectivity index (χ3n) is 4.89. The number of aryl methyl sites for hydroxylation is 1. The van der Waals surface area contributed by atoms with Crippen LogP contribution in [0.25, 0.3) is 10.9 Å². The van der Waals surface area contributed by atoms with Gasteiger partial charge in [0.05, 0.1) is 11.3 Å². The zero-order valence-corrected chi connectivity index (χ0v) is 14.5. The molecule has 4 heteroatoms. The maximum atomic E-state index is 10.2. The number of hydrogen-bond acceptors (Lipinski definition) is 3. The van der Waals surface area contributed by atoms with Gasteiger partial charge < -0.3 is 15.0 Å². The molecular weight excluding hydrogens is 310 g/mol. The molecular formula is C21H23N3O. The van der Waals surface area contributed by atoms with Gasteiger partial charge in [0, 0.05) is 35.9 Å². The van der Waals surface area contributed by atoms with E-state index in [9.17, 15) is 5.11 Å². The average molecular weight is 333 g/mol. The van der Waals surface area contributed by atoms with E-state index in [0.717, 1.165) is 40.8 Å². The minimum absolute atomic E-state index is 0.161.